The summed E-state index contributed by atoms with van der Waals surface area (Å²) in [6.45, 7) is -0.257. The normalized spacial score (nSPS) is 11.6. The molecule has 10 heteroatoms. The van der Waals surface area contributed by atoms with Crippen LogP contribution in [0.2, 0.25) is 0 Å². The van der Waals surface area contributed by atoms with E-state index in [2.05, 4.69) is 15.2 Å². The topological polar surface area (TPSA) is 62.1 Å². The van der Waals surface area contributed by atoms with Crippen LogP contribution < -0.4 is 4.74 Å². The van der Waals surface area contributed by atoms with Gasteiger partial charge in [-0.05, 0) is 29.8 Å². The van der Waals surface area contributed by atoms with Crippen LogP contribution in [0.15, 0.2) is 53.9 Å². The summed E-state index contributed by atoms with van der Waals surface area (Å²) in [4.78, 5) is 4.01. The zero-order valence-corrected chi connectivity index (χ0v) is 16.4. The van der Waals surface area contributed by atoms with E-state index in [1.807, 2.05) is 22.8 Å². The minimum absolute atomic E-state index is 0.179. The number of alkyl halides is 3. The summed E-state index contributed by atoms with van der Waals surface area (Å²) in [5, 5.41) is 9.25. The van der Waals surface area contributed by atoms with Gasteiger partial charge in [-0.1, -0.05) is 23.9 Å². The summed E-state index contributed by atoms with van der Waals surface area (Å²) in [6.07, 6.45) is -1.00. The fraction of sp³-hybridized carbons (Fsp3) is 0.316. The first-order chi connectivity index (χ1) is 14.0. The third-order valence-electron chi connectivity index (χ3n) is 3.84. The molecule has 154 valence electrons. The third-order valence-corrected chi connectivity index (χ3v) is 4.88. The van der Waals surface area contributed by atoms with Crippen LogP contribution >= 0.6 is 11.8 Å². The number of aromatic nitrogens is 4. The number of ether oxygens (including phenoxy) is 2. The molecule has 0 saturated carbocycles. The Balaban J connectivity index is 1.73. The van der Waals surface area contributed by atoms with Crippen molar-refractivity contribution < 1.29 is 22.6 Å². The van der Waals surface area contributed by atoms with Crippen molar-refractivity contribution >= 4 is 11.8 Å². The van der Waals surface area contributed by atoms with Gasteiger partial charge in [0.05, 0.1) is 13.2 Å². The predicted molar refractivity (Wildman–Crippen MR) is 103 cm³/mol. The first-order valence-corrected chi connectivity index (χ1v) is 9.68. The lowest BCUT2D eigenvalue weighted by molar-refractivity contribution is -0.153. The first kappa shape index (κ1) is 21.1. The average Bonchev–Trinajstić information content (AvgIpc) is 3.12. The molecule has 0 radical (unpaired) electrons. The molecule has 0 aliphatic rings. The molecule has 0 fully saturated rings. The summed E-state index contributed by atoms with van der Waals surface area (Å²) in [5.74, 6) is 1.39. The number of halogens is 3. The van der Waals surface area contributed by atoms with Gasteiger partial charge in [0.2, 0.25) is 0 Å². The Bertz CT molecular complexity index is 919. The maximum Gasteiger partial charge on any atom is 0.422 e. The molecule has 3 aromatic rings. The molecule has 6 nitrogen and oxygen atoms in total. The lowest BCUT2D eigenvalue weighted by Gasteiger charge is -2.11. The molecule has 0 unspecified atom stereocenters. The Morgan fingerprint density at radius 3 is 2.62 bits per heavy atom. The number of hydrogen-bond donors (Lipinski definition) is 0. The smallest absolute Gasteiger partial charge is 0.422 e. The average molecular weight is 424 g/mol. The van der Waals surface area contributed by atoms with Gasteiger partial charge in [-0.25, -0.2) is 0 Å². The number of nitrogens with zero attached hydrogens (tertiary/aromatic N) is 4. The molecule has 0 amide bonds. The molecule has 0 saturated heterocycles. The van der Waals surface area contributed by atoms with Gasteiger partial charge in [0.1, 0.15) is 5.75 Å². The number of rotatable bonds is 9. The van der Waals surface area contributed by atoms with E-state index in [0.717, 1.165) is 11.1 Å². The van der Waals surface area contributed by atoms with Crippen molar-refractivity contribution in [2.75, 3.05) is 20.3 Å². The first-order valence-electron chi connectivity index (χ1n) is 8.70. The van der Waals surface area contributed by atoms with E-state index in [9.17, 15) is 13.2 Å². The lowest BCUT2D eigenvalue weighted by Crippen LogP contribution is -2.19. The van der Waals surface area contributed by atoms with Crippen molar-refractivity contribution in [1.29, 1.82) is 0 Å². The molecule has 29 heavy (non-hydrogen) atoms. The number of thioether (sulfide) groups is 1. The summed E-state index contributed by atoms with van der Waals surface area (Å²) < 4.78 is 49.0. The Labute approximate surface area is 170 Å². The van der Waals surface area contributed by atoms with Gasteiger partial charge in [-0.3, -0.25) is 9.55 Å². The van der Waals surface area contributed by atoms with E-state index >= 15 is 0 Å². The molecule has 0 atom stereocenters. The molecule has 1 aromatic carbocycles. The van der Waals surface area contributed by atoms with Crippen LogP contribution in [0.3, 0.4) is 0 Å². The monoisotopic (exact) mass is 424 g/mol. The zero-order chi connectivity index (χ0) is 20.7. The van der Waals surface area contributed by atoms with Gasteiger partial charge in [-0.15, -0.1) is 10.2 Å². The van der Waals surface area contributed by atoms with Crippen LogP contribution in [0.25, 0.3) is 11.4 Å². The second-order valence-corrected chi connectivity index (χ2v) is 6.97. The lowest BCUT2D eigenvalue weighted by atomic mass is 10.2. The highest BCUT2D eigenvalue weighted by molar-refractivity contribution is 7.98. The van der Waals surface area contributed by atoms with Crippen molar-refractivity contribution in [2.24, 2.45) is 0 Å². The van der Waals surface area contributed by atoms with Gasteiger partial charge >= 0.3 is 6.18 Å². The largest absolute Gasteiger partial charge is 0.484 e. The Morgan fingerprint density at radius 1 is 1.10 bits per heavy atom. The van der Waals surface area contributed by atoms with Crippen LogP contribution in [0.4, 0.5) is 13.2 Å². The summed E-state index contributed by atoms with van der Waals surface area (Å²) >= 11 is 1.44. The van der Waals surface area contributed by atoms with E-state index in [1.54, 1.807) is 31.6 Å². The fourth-order valence-corrected chi connectivity index (χ4v) is 3.44. The number of methoxy groups -OCH3 is 1. The molecule has 2 heterocycles. The highest BCUT2D eigenvalue weighted by Gasteiger charge is 2.28. The number of pyridine rings is 1. The van der Waals surface area contributed by atoms with Crippen molar-refractivity contribution in [3.63, 3.8) is 0 Å². The standard InChI is InChI=1S/C19H19F3N4O2S/c1-27-10-9-26-17(15-5-7-23-8-6-15)24-25-18(26)29-12-14-3-2-4-16(11-14)28-13-19(20,21)22/h2-8,11H,9-10,12-13H2,1H3. The van der Waals surface area contributed by atoms with E-state index in [4.69, 9.17) is 9.47 Å². The SMILES string of the molecule is COCCn1c(SCc2cccc(OCC(F)(F)F)c2)nnc1-c1ccncc1. The van der Waals surface area contributed by atoms with E-state index in [1.165, 1.54) is 17.8 Å². The van der Waals surface area contributed by atoms with E-state index < -0.39 is 12.8 Å². The molecule has 0 bridgehead atoms. The van der Waals surface area contributed by atoms with Crippen LogP contribution in [0, 0.1) is 0 Å². The summed E-state index contributed by atoms with van der Waals surface area (Å²) in [5.41, 5.74) is 1.71. The van der Waals surface area contributed by atoms with Crippen molar-refractivity contribution in [3.05, 3.63) is 54.4 Å². The minimum Gasteiger partial charge on any atom is -0.484 e. The Hall–Kier alpha value is -2.59. The fourth-order valence-electron chi connectivity index (χ4n) is 2.53. The zero-order valence-electron chi connectivity index (χ0n) is 15.6. The summed E-state index contributed by atoms with van der Waals surface area (Å²) in [6, 6.07) is 10.3. The van der Waals surface area contributed by atoms with Gasteiger partial charge in [0.25, 0.3) is 0 Å². The van der Waals surface area contributed by atoms with E-state index in [0.29, 0.717) is 29.9 Å². The van der Waals surface area contributed by atoms with Gasteiger partial charge in [0, 0.05) is 30.8 Å². The van der Waals surface area contributed by atoms with Crippen LogP contribution in [0.5, 0.6) is 5.75 Å². The van der Waals surface area contributed by atoms with Crippen LogP contribution in [-0.4, -0.2) is 46.2 Å². The molecule has 3 rings (SSSR count). The van der Waals surface area contributed by atoms with Crippen LogP contribution in [0.1, 0.15) is 5.56 Å². The third kappa shape index (κ3) is 6.20. The Kier molecular flexibility index (Phi) is 7.10. The highest BCUT2D eigenvalue weighted by atomic mass is 32.2. The number of hydrogen-bond acceptors (Lipinski definition) is 6. The molecule has 0 aliphatic heterocycles. The molecule has 2 aromatic heterocycles. The second kappa shape index (κ2) is 9.75. The van der Waals surface area contributed by atoms with Crippen molar-refractivity contribution in [2.45, 2.75) is 23.6 Å². The van der Waals surface area contributed by atoms with Crippen molar-refractivity contribution in [1.82, 2.24) is 19.7 Å². The number of benzene rings is 1. The molecule has 0 aliphatic carbocycles. The molecule has 0 N–H and O–H groups in total. The quantitative estimate of drug-likeness (QED) is 0.480. The van der Waals surface area contributed by atoms with Gasteiger partial charge in [-0.2, -0.15) is 13.2 Å². The second-order valence-electron chi connectivity index (χ2n) is 6.03. The van der Waals surface area contributed by atoms with Crippen molar-refractivity contribution in [3.8, 4) is 17.1 Å². The predicted octanol–water partition coefficient (Wildman–Crippen LogP) is 4.22. The van der Waals surface area contributed by atoms with Gasteiger partial charge in [0.15, 0.2) is 17.6 Å². The Morgan fingerprint density at radius 2 is 1.90 bits per heavy atom. The minimum atomic E-state index is -4.37. The highest BCUT2D eigenvalue weighted by Crippen LogP contribution is 2.27. The molecular formula is C19H19F3N4O2S. The maximum atomic E-state index is 12.3. The molecular weight excluding hydrogens is 405 g/mol. The summed E-state index contributed by atoms with van der Waals surface area (Å²) in [7, 11) is 1.62. The van der Waals surface area contributed by atoms with Crippen LogP contribution in [-0.2, 0) is 17.0 Å². The maximum absolute atomic E-state index is 12.3. The molecule has 0 spiro atoms. The van der Waals surface area contributed by atoms with E-state index in [-0.39, 0.29) is 5.75 Å². The van der Waals surface area contributed by atoms with Gasteiger partial charge < -0.3 is 9.47 Å².